The maximum Gasteiger partial charge on any atom is 0.416 e. The molecule has 186 valence electrons. The number of benzene rings is 3. The first-order valence-electron chi connectivity index (χ1n) is 11.0. The molecule has 1 amide bonds. The van der Waals surface area contributed by atoms with Crippen LogP contribution in [0.3, 0.4) is 0 Å². The van der Waals surface area contributed by atoms with Crippen molar-refractivity contribution in [2.75, 3.05) is 4.90 Å². The van der Waals surface area contributed by atoms with E-state index in [0.717, 1.165) is 41.3 Å². The van der Waals surface area contributed by atoms with E-state index in [1.54, 1.807) is 12.1 Å². The summed E-state index contributed by atoms with van der Waals surface area (Å²) in [5, 5.41) is 11.1. The first-order valence-corrected chi connectivity index (χ1v) is 11.0. The first kappa shape index (κ1) is 25.0. The Balaban J connectivity index is 1.84. The molecule has 0 saturated carbocycles. The Morgan fingerprint density at radius 3 is 2.03 bits per heavy atom. The zero-order valence-electron chi connectivity index (χ0n) is 19.2. The van der Waals surface area contributed by atoms with Crippen molar-refractivity contribution in [3.8, 4) is 5.75 Å². The topological polar surface area (TPSA) is 66.8 Å². The molecule has 4 rings (SSSR count). The molecule has 1 N–H and O–H groups in total. The van der Waals surface area contributed by atoms with Crippen LogP contribution in [-0.2, 0) is 15.8 Å². The predicted molar refractivity (Wildman–Crippen MR) is 125 cm³/mol. The number of rotatable bonds is 5. The van der Waals surface area contributed by atoms with Crippen molar-refractivity contribution in [2.24, 2.45) is 0 Å². The standard InChI is InChI=1S/C27H21F4NO4/c1-15(2)36-21-13-5-17(6-14-21)24(33)22-23(16-3-9-19(28)10-4-16)32(26(35)25(22)34)20-11-7-18(8-12-20)27(29,30)31/h3-15,23,33H,1-2H3/b24-22+. The number of aliphatic hydroxyl groups is 1. The van der Waals surface area contributed by atoms with Gasteiger partial charge in [0.25, 0.3) is 11.7 Å². The highest BCUT2D eigenvalue weighted by molar-refractivity contribution is 6.51. The van der Waals surface area contributed by atoms with Crippen LogP contribution in [0.25, 0.3) is 5.76 Å². The molecule has 0 radical (unpaired) electrons. The zero-order valence-corrected chi connectivity index (χ0v) is 19.2. The van der Waals surface area contributed by atoms with Crippen LogP contribution in [0.4, 0.5) is 23.2 Å². The highest BCUT2D eigenvalue weighted by Gasteiger charge is 2.47. The van der Waals surface area contributed by atoms with E-state index in [2.05, 4.69) is 0 Å². The van der Waals surface area contributed by atoms with Gasteiger partial charge in [0.15, 0.2) is 0 Å². The molecule has 0 aliphatic carbocycles. The minimum Gasteiger partial charge on any atom is -0.507 e. The zero-order chi connectivity index (χ0) is 26.2. The molecular weight excluding hydrogens is 478 g/mol. The smallest absolute Gasteiger partial charge is 0.416 e. The number of hydrogen-bond acceptors (Lipinski definition) is 4. The molecule has 3 aromatic rings. The van der Waals surface area contributed by atoms with E-state index < -0.39 is 41.0 Å². The summed E-state index contributed by atoms with van der Waals surface area (Å²) in [6.07, 6.45) is -4.67. The van der Waals surface area contributed by atoms with E-state index in [9.17, 15) is 32.3 Å². The van der Waals surface area contributed by atoms with Gasteiger partial charge in [-0.25, -0.2) is 4.39 Å². The number of hydrogen-bond donors (Lipinski definition) is 1. The van der Waals surface area contributed by atoms with Crippen molar-refractivity contribution in [1.29, 1.82) is 0 Å². The van der Waals surface area contributed by atoms with Gasteiger partial charge in [-0.2, -0.15) is 13.2 Å². The molecule has 0 bridgehead atoms. The Labute approximate surface area is 204 Å². The van der Waals surface area contributed by atoms with Gasteiger partial charge in [-0.05, 0) is 80.1 Å². The molecule has 1 saturated heterocycles. The lowest BCUT2D eigenvalue weighted by atomic mass is 9.95. The Bertz CT molecular complexity index is 1310. The molecule has 9 heteroatoms. The van der Waals surface area contributed by atoms with Crippen LogP contribution in [0.2, 0.25) is 0 Å². The molecular formula is C27H21F4NO4. The lowest BCUT2D eigenvalue weighted by Gasteiger charge is -2.25. The minimum atomic E-state index is -4.59. The number of alkyl halides is 3. The average Bonchev–Trinajstić information content (AvgIpc) is 3.09. The number of carbonyl (C=O) groups is 2. The van der Waals surface area contributed by atoms with Crippen molar-refractivity contribution in [2.45, 2.75) is 32.2 Å². The minimum absolute atomic E-state index is 0.0131. The van der Waals surface area contributed by atoms with Crippen molar-refractivity contribution >= 4 is 23.1 Å². The lowest BCUT2D eigenvalue weighted by molar-refractivity contribution is -0.137. The van der Waals surface area contributed by atoms with Gasteiger partial charge in [-0.1, -0.05) is 12.1 Å². The molecule has 1 fully saturated rings. The normalized spacial score (nSPS) is 17.6. The Morgan fingerprint density at radius 1 is 0.917 bits per heavy atom. The maximum absolute atomic E-state index is 13.6. The summed E-state index contributed by atoms with van der Waals surface area (Å²) in [5.74, 6) is -2.57. The van der Waals surface area contributed by atoms with E-state index in [1.165, 1.54) is 24.3 Å². The van der Waals surface area contributed by atoms with Crippen molar-refractivity contribution < 1.29 is 37.0 Å². The van der Waals surface area contributed by atoms with Crippen LogP contribution in [0.5, 0.6) is 5.75 Å². The highest BCUT2D eigenvalue weighted by atomic mass is 19.4. The van der Waals surface area contributed by atoms with Crippen LogP contribution in [0.1, 0.15) is 36.6 Å². The second-order valence-electron chi connectivity index (χ2n) is 8.46. The van der Waals surface area contributed by atoms with Gasteiger partial charge in [-0.3, -0.25) is 14.5 Å². The summed E-state index contributed by atoms with van der Waals surface area (Å²) in [4.78, 5) is 27.2. The van der Waals surface area contributed by atoms with E-state index in [0.29, 0.717) is 5.75 Å². The van der Waals surface area contributed by atoms with Gasteiger partial charge < -0.3 is 9.84 Å². The SMILES string of the molecule is CC(C)Oc1ccc(/C(O)=C2\C(=O)C(=O)N(c3ccc(C(F)(F)F)cc3)C2c2ccc(F)cc2)cc1. The van der Waals surface area contributed by atoms with E-state index >= 15 is 0 Å². The van der Waals surface area contributed by atoms with Gasteiger partial charge in [-0.15, -0.1) is 0 Å². The fraction of sp³-hybridized carbons (Fsp3) is 0.185. The van der Waals surface area contributed by atoms with Crippen molar-refractivity contribution in [3.63, 3.8) is 0 Å². The lowest BCUT2D eigenvalue weighted by Crippen LogP contribution is -2.29. The predicted octanol–water partition coefficient (Wildman–Crippen LogP) is 6.26. The number of carbonyl (C=O) groups excluding carboxylic acids is 2. The van der Waals surface area contributed by atoms with Crippen LogP contribution in [0, 0.1) is 5.82 Å². The molecule has 1 aliphatic rings. The highest BCUT2D eigenvalue weighted by Crippen LogP contribution is 2.43. The Morgan fingerprint density at radius 2 is 1.50 bits per heavy atom. The average molecular weight is 499 g/mol. The monoisotopic (exact) mass is 499 g/mol. The van der Waals surface area contributed by atoms with E-state index in [1.807, 2.05) is 13.8 Å². The van der Waals surface area contributed by atoms with Gasteiger partial charge in [0.1, 0.15) is 17.3 Å². The van der Waals surface area contributed by atoms with E-state index in [-0.39, 0.29) is 28.5 Å². The number of halogens is 4. The van der Waals surface area contributed by atoms with Crippen molar-refractivity contribution in [3.05, 3.63) is 101 Å². The number of anilines is 1. The molecule has 3 aromatic carbocycles. The molecule has 5 nitrogen and oxygen atoms in total. The van der Waals surface area contributed by atoms with Gasteiger partial charge >= 0.3 is 6.18 Å². The summed E-state index contributed by atoms with van der Waals surface area (Å²) < 4.78 is 58.4. The fourth-order valence-corrected chi connectivity index (χ4v) is 3.99. The number of ketones is 1. The number of amides is 1. The number of nitrogens with zero attached hydrogens (tertiary/aromatic N) is 1. The molecule has 1 heterocycles. The summed E-state index contributed by atoms with van der Waals surface area (Å²) in [5.41, 5.74) is -0.673. The van der Waals surface area contributed by atoms with Crippen molar-refractivity contribution in [1.82, 2.24) is 0 Å². The van der Waals surface area contributed by atoms with Gasteiger partial charge in [0.05, 0.1) is 23.3 Å². The largest absolute Gasteiger partial charge is 0.507 e. The molecule has 36 heavy (non-hydrogen) atoms. The molecule has 1 atom stereocenters. The molecule has 0 spiro atoms. The quantitative estimate of drug-likeness (QED) is 0.195. The number of Topliss-reactive ketones (excluding diaryl/α,β-unsaturated/α-hetero) is 1. The first-order chi connectivity index (χ1) is 17.0. The third-order valence-electron chi connectivity index (χ3n) is 5.60. The summed E-state index contributed by atoms with van der Waals surface area (Å²) in [7, 11) is 0. The van der Waals surface area contributed by atoms with Crippen LogP contribution in [0.15, 0.2) is 78.4 Å². The molecule has 1 unspecified atom stereocenters. The second-order valence-corrected chi connectivity index (χ2v) is 8.46. The Kier molecular flexibility index (Phi) is 6.58. The van der Waals surface area contributed by atoms with Crippen LogP contribution in [-0.4, -0.2) is 22.9 Å². The second kappa shape index (κ2) is 9.49. The third kappa shape index (κ3) is 4.82. The van der Waals surface area contributed by atoms with E-state index in [4.69, 9.17) is 4.74 Å². The number of ether oxygens (including phenoxy) is 1. The van der Waals surface area contributed by atoms with Crippen LogP contribution >= 0.6 is 0 Å². The molecule has 0 aromatic heterocycles. The van der Waals surface area contributed by atoms with Gasteiger partial charge in [0.2, 0.25) is 0 Å². The maximum atomic E-state index is 13.6. The third-order valence-corrected chi connectivity index (χ3v) is 5.60. The Hall–Kier alpha value is -4.14. The summed E-state index contributed by atoms with van der Waals surface area (Å²) in [6, 6.07) is 13.7. The van der Waals surface area contributed by atoms with Crippen LogP contribution < -0.4 is 9.64 Å². The summed E-state index contributed by atoms with van der Waals surface area (Å²) >= 11 is 0. The molecule has 1 aliphatic heterocycles. The fourth-order valence-electron chi connectivity index (χ4n) is 3.99. The number of aliphatic hydroxyl groups excluding tert-OH is 1. The van der Waals surface area contributed by atoms with Gasteiger partial charge in [0, 0.05) is 11.3 Å². The summed E-state index contributed by atoms with van der Waals surface area (Å²) in [6.45, 7) is 3.69.